The molecule has 2 aromatic carbocycles. The molecule has 5 nitrogen and oxygen atoms in total. The van der Waals surface area contributed by atoms with Crippen molar-refractivity contribution in [2.45, 2.75) is 13.5 Å². The summed E-state index contributed by atoms with van der Waals surface area (Å²) in [6.45, 7) is 2.38. The molecule has 0 bridgehead atoms. The topological polar surface area (TPSA) is 60.5 Å². The molecule has 26 heavy (non-hydrogen) atoms. The number of aryl methyl sites for hydroxylation is 1. The lowest BCUT2D eigenvalue weighted by Crippen LogP contribution is -2.22. The quantitative estimate of drug-likeness (QED) is 0.713. The molecule has 1 aromatic heterocycles. The minimum absolute atomic E-state index is 0.184. The highest BCUT2D eigenvalue weighted by atomic mass is 32.1. The van der Waals surface area contributed by atoms with E-state index in [-0.39, 0.29) is 5.91 Å². The molecular weight excluding hydrogens is 348 g/mol. The van der Waals surface area contributed by atoms with Crippen LogP contribution in [0.2, 0.25) is 0 Å². The van der Waals surface area contributed by atoms with Crippen LogP contribution in [0.15, 0.2) is 48.5 Å². The molecular formula is C20H20N2O3S. The summed E-state index contributed by atoms with van der Waals surface area (Å²) in [6.07, 6.45) is 0. The Balaban J connectivity index is 1.73. The third-order valence-corrected chi connectivity index (χ3v) is 5.14. The van der Waals surface area contributed by atoms with Crippen molar-refractivity contribution in [1.82, 2.24) is 10.3 Å². The highest BCUT2D eigenvalue weighted by Crippen LogP contribution is 2.28. The van der Waals surface area contributed by atoms with Crippen molar-refractivity contribution in [3.8, 4) is 22.1 Å². The fourth-order valence-electron chi connectivity index (χ4n) is 2.50. The van der Waals surface area contributed by atoms with Gasteiger partial charge in [-0.15, -0.1) is 11.3 Å². The highest BCUT2D eigenvalue weighted by Gasteiger charge is 2.13. The number of hydrogen-bond acceptors (Lipinski definition) is 5. The van der Waals surface area contributed by atoms with E-state index in [0.29, 0.717) is 23.6 Å². The van der Waals surface area contributed by atoms with Crippen molar-refractivity contribution in [2.75, 3.05) is 14.2 Å². The summed E-state index contributed by atoms with van der Waals surface area (Å²) < 4.78 is 10.4. The van der Waals surface area contributed by atoms with Crippen LogP contribution in [0.1, 0.15) is 20.9 Å². The average molecular weight is 368 g/mol. The lowest BCUT2D eigenvalue weighted by Gasteiger charge is -2.09. The zero-order valence-electron chi connectivity index (χ0n) is 14.9. The first-order chi connectivity index (χ1) is 12.6. The van der Waals surface area contributed by atoms with E-state index >= 15 is 0 Å². The number of nitrogens with one attached hydrogen (secondary N) is 1. The van der Waals surface area contributed by atoms with Crippen molar-refractivity contribution >= 4 is 17.2 Å². The Morgan fingerprint density at radius 1 is 1.08 bits per heavy atom. The number of hydrogen-bond donors (Lipinski definition) is 1. The normalized spacial score (nSPS) is 10.4. The first-order valence-corrected chi connectivity index (χ1v) is 8.95. The summed E-state index contributed by atoms with van der Waals surface area (Å²) in [7, 11) is 3.12. The van der Waals surface area contributed by atoms with Gasteiger partial charge in [-0.3, -0.25) is 4.79 Å². The van der Waals surface area contributed by atoms with Crippen LogP contribution < -0.4 is 14.8 Å². The standard InChI is InChI=1S/C20H20N2O3S/c1-13-18(26-20(22-13)14-7-5-4-6-8-14)12-21-19(23)15-9-16(24-2)11-17(10-15)25-3/h4-11H,12H2,1-3H3,(H,21,23). The van der Waals surface area contributed by atoms with Crippen LogP contribution >= 0.6 is 11.3 Å². The second-order valence-electron chi connectivity index (χ2n) is 5.68. The van der Waals surface area contributed by atoms with Gasteiger partial charge in [-0.1, -0.05) is 30.3 Å². The van der Waals surface area contributed by atoms with Gasteiger partial charge in [0.25, 0.3) is 5.91 Å². The van der Waals surface area contributed by atoms with Gasteiger partial charge >= 0.3 is 0 Å². The van der Waals surface area contributed by atoms with Gasteiger partial charge in [0.15, 0.2) is 0 Å². The fraction of sp³-hybridized carbons (Fsp3) is 0.200. The molecule has 0 saturated heterocycles. The molecule has 3 aromatic rings. The zero-order chi connectivity index (χ0) is 18.5. The van der Waals surface area contributed by atoms with Gasteiger partial charge in [0.2, 0.25) is 0 Å². The van der Waals surface area contributed by atoms with Crippen LogP contribution in [0.25, 0.3) is 10.6 Å². The monoisotopic (exact) mass is 368 g/mol. The Hall–Kier alpha value is -2.86. The number of aromatic nitrogens is 1. The summed E-state index contributed by atoms with van der Waals surface area (Å²) >= 11 is 1.59. The molecule has 0 aliphatic rings. The van der Waals surface area contributed by atoms with E-state index in [2.05, 4.69) is 10.3 Å². The molecule has 1 N–H and O–H groups in total. The van der Waals surface area contributed by atoms with Crippen LogP contribution in [0.5, 0.6) is 11.5 Å². The maximum atomic E-state index is 12.5. The molecule has 134 valence electrons. The summed E-state index contributed by atoms with van der Waals surface area (Å²) in [6, 6.07) is 15.1. The largest absolute Gasteiger partial charge is 0.497 e. The smallest absolute Gasteiger partial charge is 0.251 e. The maximum Gasteiger partial charge on any atom is 0.251 e. The van der Waals surface area contributed by atoms with E-state index in [0.717, 1.165) is 21.1 Å². The number of benzene rings is 2. The predicted octanol–water partition coefficient (Wildman–Crippen LogP) is 4.07. The van der Waals surface area contributed by atoms with Gasteiger partial charge < -0.3 is 14.8 Å². The molecule has 0 aliphatic carbocycles. The second kappa shape index (κ2) is 8.01. The number of methoxy groups -OCH3 is 2. The maximum absolute atomic E-state index is 12.5. The summed E-state index contributed by atoms with van der Waals surface area (Å²) in [5, 5.41) is 3.90. The fourth-order valence-corrected chi connectivity index (χ4v) is 3.50. The number of carbonyl (C=O) groups excluding carboxylic acids is 1. The first kappa shape index (κ1) is 17.9. The summed E-state index contributed by atoms with van der Waals surface area (Å²) in [5.41, 5.74) is 2.50. The number of carbonyl (C=O) groups is 1. The molecule has 0 saturated carbocycles. The van der Waals surface area contributed by atoms with E-state index in [1.54, 1.807) is 43.8 Å². The average Bonchev–Trinajstić information content (AvgIpc) is 3.07. The van der Waals surface area contributed by atoms with Crippen molar-refractivity contribution in [2.24, 2.45) is 0 Å². The Bertz CT molecular complexity index is 884. The van der Waals surface area contributed by atoms with Crippen molar-refractivity contribution in [3.63, 3.8) is 0 Å². The minimum Gasteiger partial charge on any atom is -0.497 e. The zero-order valence-corrected chi connectivity index (χ0v) is 15.7. The van der Waals surface area contributed by atoms with Crippen LogP contribution in [0.3, 0.4) is 0 Å². The van der Waals surface area contributed by atoms with E-state index in [4.69, 9.17) is 9.47 Å². The van der Waals surface area contributed by atoms with Crippen molar-refractivity contribution in [1.29, 1.82) is 0 Å². The SMILES string of the molecule is COc1cc(OC)cc(C(=O)NCc2sc(-c3ccccc3)nc2C)c1. The van der Waals surface area contributed by atoms with Gasteiger partial charge in [0.1, 0.15) is 16.5 Å². The Morgan fingerprint density at radius 2 is 1.73 bits per heavy atom. The van der Waals surface area contributed by atoms with Crippen LogP contribution in [-0.2, 0) is 6.54 Å². The van der Waals surface area contributed by atoms with Gasteiger partial charge in [-0.25, -0.2) is 4.98 Å². The summed E-state index contributed by atoms with van der Waals surface area (Å²) in [5.74, 6) is 0.973. The van der Waals surface area contributed by atoms with Crippen LogP contribution in [0, 0.1) is 6.92 Å². The number of thiazole rings is 1. The molecule has 0 fully saturated rings. The van der Waals surface area contributed by atoms with Crippen LogP contribution in [-0.4, -0.2) is 25.1 Å². The molecule has 0 unspecified atom stereocenters. The van der Waals surface area contributed by atoms with Gasteiger partial charge in [-0.2, -0.15) is 0 Å². The summed E-state index contributed by atoms with van der Waals surface area (Å²) in [4.78, 5) is 18.2. The van der Waals surface area contributed by atoms with Crippen molar-refractivity contribution in [3.05, 3.63) is 64.7 Å². The molecule has 1 heterocycles. The lowest BCUT2D eigenvalue weighted by molar-refractivity contribution is 0.0950. The Kier molecular flexibility index (Phi) is 5.53. The number of rotatable bonds is 6. The molecule has 0 spiro atoms. The predicted molar refractivity (Wildman–Crippen MR) is 103 cm³/mol. The number of nitrogens with zero attached hydrogens (tertiary/aromatic N) is 1. The lowest BCUT2D eigenvalue weighted by atomic mass is 10.2. The van der Waals surface area contributed by atoms with Gasteiger partial charge in [-0.05, 0) is 19.1 Å². The van der Waals surface area contributed by atoms with E-state index in [9.17, 15) is 4.79 Å². The molecule has 0 atom stereocenters. The molecule has 0 radical (unpaired) electrons. The Labute approximate surface area is 156 Å². The molecule has 1 amide bonds. The first-order valence-electron chi connectivity index (χ1n) is 8.13. The third-order valence-electron chi connectivity index (χ3n) is 3.94. The Morgan fingerprint density at radius 3 is 2.35 bits per heavy atom. The highest BCUT2D eigenvalue weighted by molar-refractivity contribution is 7.15. The van der Waals surface area contributed by atoms with Crippen molar-refractivity contribution < 1.29 is 14.3 Å². The van der Waals surface area contributed by atoms with Gasteiger partial charge in [0.05, 0.1) is 26.5 Å². The third kappa shape index (κ3) is 4.03. The molecule has 6 heteroatoms. The van der Waals surface area contributed by atoms with Crippen LogP contribution in [0.4, 0.5) is 0 Å². The number of amides is 1. The minimum atomic E-state index is -0.184. The van der Waals surface area contributed by atoms with E-state index in [1.807, 2.05) is 37.3 Å². The van der Waals surface area contributed by atoms with Gasteiger partial charge in [0, 0.05) is 22.1 Å². The second-order valence-corrected chi connectivity index (χ2v) is 6.76. The number of ether oxygens (including phenoxy) is 2. The van der Waals surface area contributed by atoms with E-state index < -0.39 is 0 Å². The molecule has 3 rings (SSSR count). The molecule has 0 aliphatic heterocycles. The van der Waals surface area contributed by atoms with E-state index in [1.165, 1.54) is 0 Å².